The van der Waals surface area contributed by atoms with Gasteiger partial charge in [0.15, 0.2) is 0 Å². The van der Waals surface area contributed by atoms with Crippen LogP contribution in [0.2, 0.25) is 0 Å². The number of alkyl halides is 3. The van der Waals surface area contributed by atoms with Gasteiger partial charge in [-0.05, 0) is 70.0 Å². The number of likely N-dealkylation sites (tertiary alicyclic amines) is 1. The smallest absolute Gasteiger partial charge is 0.376 e. The van der Waals surface area contributed by atoms with Crippen molar-refractivity contribution in [2.45, 2.75) is 44.7 Å². The lowest BCUT2D eigenvalue weighted by Gasteiger charge is -2.18. The number of carbonyl (C=O) groups excluding carboxylic acids is 1. The van der Waals surface area contributed by atoms with Crippen LogP contribution in [0.25, 0.3) is 0 Å². The van der Waals surface area contributed by atoms with E-state index in [2.05, 4.69) is 28.2 Å². The van der Waals surface area contributed by atoms with E-state index in [1.165, 1.54) is 32.0 Å². The molecule has 1 N–H and O–H groups in total. The van der Waals surface area contributed by atoms with Crippen LogP contribution in [0.4, 0.5) is 13.2 Å². The fourth-order valence-electron chi connectivity index (χ4n) is 2.89. The first-order valence-electron chi connectivity index (χ1n) is 8.67. The van der Waals surface area contributed by atoms with Crippen molar-refractivity contribution in [2.24, 2.45) is 0 Å². The second-order valence-electron chi connectivity index (χ2n) is 6.64. The van der Waals surface area contributed by atoms with E-state index in [-0.39, 0.29) is 5.91 Å². The van der Waals surface area contributed by atoms with Gasteiger partial charge in [-0.15, -0.1) is 0 Å². The van der Waals surface area contributed by atoms with Gasteiger partial charge in [-0.2, -0.15) is 21.6 Å². The predicted molar refractivity (Wildman–Crippen MR) is 94.0 cm³/mol. The molecular formula is C17H23F3N2O4S. The summed E-state index contributed by atoms with van der Waals surface area (Å²) in [5.41, 5.74) is -4.75. The molecule has 27 heavy (non-hydrogen) atoms. The monoisotopic (exact) mass is 408 g/mol. The van der Waals surface area contributed by atoms with Crippen LogP contribution in [0.1, 0.15) is 42.6 Å². The Morgan fingerprint density at radius 3 is 2.33 bits per heavy atom. The molecule has 0 saturated carbocycles. The largest absolute Gasteiger partial charge is 0.534 e. The molecule has 6 nitrogen and oxygen atoms in total. The minimum Gasteiger partial charge on any atom is -0.376 e. The Morgan fingerprint density at radius 1 is 1.19 bits per heavy atom. The van der Waals surface area contributed by atoms with Gasteiger partial charge in [0.25, 0.3) is 5.91 Å². The molecule has 2 aliphatic heterocycles. The van der Waals surface area contributed by atoms with Crippen molar-refractivity contribution in [3.05, 3.63) is 29.3 Å². The molecule has 1 aromatic rings. The van der Waals surface area contributed by atoms with Crippen molar-refractivity contribution in [3.63, 3.8) is 0 Å². The first kappa shape index (κ1) is 21.5. The SMILES string of the molecule is CC(C)N1CCCC1.O=C1NCCc2cc(OS(=O)(=O)C(F)(F)F)ccc21. The van der Waals surface area contributed by atoms with Crippen LogP contribution in [-0.4, -0.2) is 50.4 Å². The standard InChI is InChI=1S/C10H8F3NO4S.C7H15N/c11-10(12,13)19(16,17)18-7-1-2-8-6(5-7)3-4-14-9(8)15;1-7(2)8-5-3-4-6-8/h1-2,5H,3-4H2,(H,14,15);7H,3-6H2,1-2H3. The first-order chi connectivity index (χ1) is 12.5. The summed E-state index contributed by atoms with van der Waals surface area (Å²) >= 11 is 0. The van der Waals surface area contributed by atoms with Gasteiger partial charge in [-0.3, -0.25) is 4.79 Å². The van der Waals surface area contributed by atoms with Crippen LogP contribution in [0.15, 0.2) is 18.2 Å². The zero-order chi connectivity index (χ0) is 20.2. The number of amides is 1. The van der Waals surface area contributed by atoms with Crippen LogP contribution in [0.5, 0.6) is 5.75 Å². The fourth-order valence-corrected chi connectivity index (χ4v) is 3.34. The molecule has 2 aliphatic rings. The summed E-state index contributed by atoms with van der Waals surface area (Å²) in [7, 11) is -5.69. The molecule has 10 heteroatoms. The third-order valence-electron chi connectivity index (χ3n) is 4.36. The second kappa shape index (κ2) is 8.47. The van der Waals surface area contributed by atoms with Crippen LogP contribution < -0.4 is 9.50 Å². The summed E-state index contributed by atoms with van der Waals surface area (Å²) < 4.78 is 62.1. The minimum absolute atomic E-state index is 0.294. The quantitative estimate of drug-likeness (QED) is 0.615. The molecule has 0 aliphatic carbocycles. The normalized spacial score (nSPS) is 17.8. The number of nitrogens with zero attached hydrogens (tertiary/aromatic N) is 1. The summed E-state index contributed by atoms with van der Waals surface area (Å²) in [5, 5.41) is 2.55. The van der Waals surface area contributed by atoms with Gasteiger partial charge < -0.3 is 14.4 Å². The van der Waals surface area contributed by atoms with Crippen LogP contribution in [-0.2, 0) is 16.5 Å². The Labute approximate surface area is 156 Å². The van der Waals surface area contributed by atoms with Crippen molar-refractivity contribution in [3.8, 4) is 5.75 Å². The number of carbonyl (C=O) groups is 1. The lowest BCUT2D eigenvalue weighted by molar-refractivity contribution is -0.0500. The lowest BCUT2D eigenvalue weighted by atomic mass is 10.0. The van der Waals surface area contributed by atoms with Gasteiger partial charge in [0.05, 0.1) is 0 Å². The lowest BCUT2D eigenvalue weighted by Crippen LogP contribution is -2.32. The summed E-state index contributed by atoms with van der Waals surface area (Å²) in [6.07, 6.45) is 3.22. The summed E-state index contributed by atoms with van der Waals surface area (Å²) in [6.45, 7) is 7.54. The van der Waals surface area contributed by atoms with Crippen molar-refractivity contribution >= 4 is 16.0 Å². The number of hydrogen-bond donors (Lipinski definition) is 1. The van der Waals surface area contributed by atoms with Crippen molar-refractivity contribution in [1.29, 1.82) is 0 Å². The molecule has 1 fully saturated rings. The Morgan fingerprint density at radius 2 is 1.81 bits per heavy atom. The molecule has 1 aromatic carbocycles. The maximum atomic E-state index is 12.1. The number of rotatable bonds is 3. The number of halogens is 3. The van der Waals surface area contributed by atoms with Crippen molar-refractivity contribution < 1.29 is 30.6 Å². The second-order valence-corrected chi connectivity index (χ2v) is 8.18. The highest BCUT2D eigenvalue weighted by molar-refractivity contribution is 7.88. The highest BCUT2D eigenvalue weighted by Gasteiger charge is 2.48. The van der Waals surface area contributed by atoms with Crippen molar-refractivity contribution in [2.75, 3.05) is 19.6 Å². The average molecular weight is 408 g/mol. The highest BCUT2D eigenvalue weighted by atomic mass is 32.2. The van der Waals surface area contributed by atoms with E-state index in [1.54, 1.807) is 0 Å². The minimum atomic E-state index is -5.69. The number of hydrogen-bond acceptors (Lipinski definition) is 5. The van der Waals surface area contributed by atoms with Crippen LogP contribution >= 0.6 is 0 Å². The summed E-state index contributed by atoms with van der Waals surface area (Å²) in [4.78, 5) is 13.9. The van der Waals surface area contributed by atoms with E-state index >= 15 is 0 Å². The third kappa shape index (κ3) is 5.58. The number of nitrogens with one attached hydrogen (secondary N) is 1. The van der Waals surface area contributed by atoms with E-state index < -0.39 is 21.4 Å². The molecule has 1 amide bonds. The Bertz CT molecular complexity index is 773. The van der Waals surface area contributed by atoms with Gasteiger partial charge in [0, 0.05) is 18.2 Å². The molecule has 152 valence electrons. The molecule has 1 saturated heterocycles. The number of fused-ring (bicyclic) bond motifs is 1. The molecule has 0 spiro atoms. The molecule has 0 radical (unpaired) electrons. The fraction of sp³-hybridized carbons (Fsp3) is 0.588. The molecule has 0 aromatic heterocycles. The molecular weight excluding hydrogens is 385 g/mol. The topological polar surface area (TPSA) is 75.7 Å². The summed E-state index contributed by atoms with van der Waals surface area (Å²) in [6, 6.07) is 4.13. The van der Waals surface area contributed by atoms with Gasteiger partial charge in [-0.25, -0.2) is 0 Å². The molecule has 2 heterocycles. The average Bonchev–Trinajstić information content (AvgIpc) is 3.09. The Hall–Kier alpha value is -1.81. The number of benzene rings is 1. The van der Waals surface area contributed by atoms with Gasteiger partial charge in [-0.1, -0.05) is 0 Å². The zero-order valence-corrected chi connectivity index (χ0v) is 16.0. The van der Waals surface area contributed by atoms with Crippen LogP contribution in [0.3, 0.4) is 0 Å². The maximum Gasteiger partial charge on any atom is 0.534 e. The van der Waals surface area contributed by atoms with E-state index in [0.717, 1.165) is 18.2 Å². The van der Waals surface area contributed by atoms with E-state index in [9.17, 15) is 26.4 Å². The first-order valence-corrected chi connectivity index (χ1v) is 10.1. The van der Waals surface area contributed by atoms with E-state index in [0.29, 0.717) is 24.1 Å². The van der Waals surface area contributed by atoms with Crippen LogP contribution in [0, 0.1) is 0 Å². The Balaban J connectivity index is 0.000000273. The van der Waals surface area contributed by atoms with E-state index in [1.807, 2.05) is 0 Å². The van der Waals surface area contributed by atoms with Gasteiger partial charge >= 0.3 is 15.6 Å². The Kier molecular flexibility index (Phi) is 6.74. The van der Waals surface area contributed by atoms with E-state index in [4.69, 9.17) is 0 Å². The highest BCUT2D eigenvalue weighted by Crippen LogP contribution is 2.28. The maximum absolute atomic E-state index is 12.1. The van der Waals surface area contributed by atoms with Gasteiger partial charge in [0.2, 0.25) is 0 Å². The molecule has 3 rings (SSSR count). The summed E-state index contributed by atoms with van der Waals surface area (Å²) in [5.74, 6) is -0.822. The zero-order valence-electron chi connectivity index (χ0n) is 15.2. The molecule has 0 bridgehead atoms. The molecule has 0 unspecified atom stereocenters. The third-order valence-corrected chi connectivity index (χ3v) is 5.34. The molecule has 0 atom stereocenters. The van der Waals surface area contributed by atoms with Gasteiger partial charge in [0.1, 0.15) is 5.75 Å². The predicted octanol–water partition coefficient (Wildman–Crippen LogP) is 2.69. The van der Waals surface area contributed by atoms with Crippen molar-refractivity contribution in [1.82, 2.24) is 10.2 Å².